The molecule has 0 bridgehead atoms. The zero-order valence-corrected chi connectivity index (χ0v) is 11.4. The molecule has 14 heavy (non-hydrogen) atoms. The number of hydrogen-bond donors (Lipinski definition) is 2. The summed E-state index contributed by atoms with van der Waals surface area (Å²) in [5.41, 5.74) is 0. The molecule has 0 spiro atoms. The van der Waals surface area contributed by atoms with E-state index in [2.05, 4.69) is 31.1 Å². The van der Waals surface area contributed by atoms with Gasteiger partial charge in [-0.2, -0.15) is 0 Å². The summed E-state index contributed by atoms with van der Waals surface area (Å²) in [6.07, 6.45) is 5.52. The minimum Gasteiger partial charge on any atom is -0.328 e. The Balaban J connectivity index is 3.49. The molecule has 86 valence electrons. The molecule has 0 atom stereocenters. The third kappa shape index (κ3) is 8.72. The van der Waals surface area contributed by atoms with Gasteiger partial charge in [0.15, 0.2) is 0 Å². The third-order valence-electron chi connectivity index (χ3n) is 2.58. The van der Waals surface area contributed by atoms with E-state index < -0.39 is 8.96 Å². The van der Waals surface area contributed by atoms with Crippen molar-refractivity contribution in [1.29, 1.82) is 0 Å². The standard InChI is InChI=1S/C11H28N2Si/c1-4-7-9-14(10-8-5-2)13-11-12-6-3/h12-14H,4-11H2,1-3H3. The molecule has 0 aliphatic heterocycles. The lowest BCUT2D eigenvalue weighted by atomic mass is 10.4. The van der Waals surface area contributed by atoms with Gasteiger partial charge in [0, 0.05) is 6.67 Å². The van der Waals surface area contributed by atoms with Gasteiger partial charge in [0.1, 0.15) is 8.96 Å². The van der Waals surface area contributed by atoms with E-state index in [1.807, 2.05) is 0 Å². The fourth-order valence-corrected chi connectivity index (χ4v) is 4.52. The van der Waals surface area contributed by atoms with Crippen LogP contribution in [-0.2, 0) is 0 Å². The van der Waals surface area contributed by atoms with Crippen LogP contribution < -0.4 is 10.3 Å². The van der Waals surface area contributed by atoms with Gasteiger partial charge in [-0.15, -0.1) is 0 Å². The van der Waals surface area contributed by atoms with Gasteiger partial charge in [-0.05, 0) is 18.6 Å². The first-order valence-electron chi connectivity index (χ1n) is 6.29. The summed E-state index contributed by atoms with van der Waals surface area (Å²) in [5, 5.41) is 3.36. The molecule has 0 fully saturated rings. The summed E-state index contributed by atoms with van der Waals surface area (Å²) in [6, 6.07) is 2.95. The Kier molecular flexibility index (Phi) is 11.3. The van der Waals surface area contributed by atoms with Gasteiger partial charge in [-0.1, -0.05) is 46.5 Å². The topological polar surface area (TPSA) is 24.1 Å². The first-order chi connectivity index (χ1) is 6.85. The van der Waals surface area contributed by atoms with Crippen LogP contribution in [0.25, 0.3) is 0 Å². The van der Waals surface area contributed by atoms with Crippen LogP contribution in [0.1, 0.15) is 46.5 Å². The van der Waals surface area contributed by atoms with Crippen molar-refractivity contribution in [2.75, 3.05) is 13.2 Å². The molecule has 0 aliphatic rings. The maximum absolute atomic E-state index is 3.72. The van der Waals surface area contributed by atoms with Crippen LogP contribution in [0.4, 0.5) is 0 Å². The summed E-state index contributed by atoms with van der Waals surface area (Å²) in [6.45, 7) is 8.85. The Morgan fingerprint density at radius 2 is 1.50 bits per heavy atom. The highest BCUT2D eigenvalue weighted by Gasteiger charge is 2.07. The van der Waals surface area contributed by atoms with E-state index in [-0.39, 0.29) is 0 Å². The van der Waals surface area contributed by atoms with E-state index in [1.165, 1.54) is 37.8 Å². The molecular weight excluding hydrogens is 188 g/mol. The van der Waals surface area contributed by atoms with E-state index in [1.54, 1.807) is 0 Å². The molecule has 0 saturated heterocycles. The summed E-state index contributed by atoms with van der Waals surface area (Å²) < 4.78 is 0. The van der Waals surface area contributed by atoms with Crippen LogP contribution in [0.5, 0.6) is 0 Å². The van der Waals surface area contributed by atoms with Crippen LogP contribution >= 0.6 is 0 Å². The highest BCUT2D eigenvalue weighted by molar-refractivity contribution is 6.56. The summed E-state index contributed by atoms with van der Waals surface area (Å²) in [5.74, 6) is 0. The molecule has 2 nitrogen and oxygen atoms in total. The van der Waals surface area contributed by atoms with E-state index >= 15 is 0 Å². The van der Waals surface area contributed by atoms with Crippen molar-refractivity contribution >= 4 is 8.96 Å². The Morgan fingerprint density at radius 3 is 1.93 bits per heavy atom. The third-order valence-corrected chi connectivity index (χ3v) is 5.57. The average molecular weight is 216 g/mol. The molecule has 0 aromatic rings. The van der Waals surface area contributed by atoms with Crippen molar-refractivity contribution in [3.05, 3.63) is 0 Å². The molecule has 0 aliphatic carbocycles. The normalized spacial score (nSPS) is 11.1. The van der Waals surface area contributed by atoms with Crippen LogP contribution in [0.2, 0.25) is 12.1 Å². The quantitative estimate of drug-likeness (QED) is 0.333. The van der Waals surface area contributed by atoms with Gasteiger partial charge < -0.3 is 10.3 Å². The highest BCUT2D eigenvalue weighted by atomic mass is 28.3. The fourth-order valence-electron chi connectivity index (χ4n) is 1.59. The summed E-state index contributed by atoms with van der Waals surface area (Å²) in [7, 11) is -0.613. The minimum atomic E-state index is -0.613. The first-order valence-corrected chi connectivity index (χ1v) is 8.50. The van der Waals surface area contributed by atoms with Gasteiger partial charge in [0.05, 0.1) is 0 Å². The first kappa shape index (κ1) is 14.1. The SMILES string of the molecule is CCCC[SiH](CCCC)NCNCC. The second-order valence-electron chi connectivity index (χ2n) is 3.97. The molecule has 0 heterocycles. The van der Waals surface area contributed by atoms with Crippen molar-refractivity contribution in [2.45, 2.75) is 58.5 Å². The summed E-state index contributed by atoms with van der Waals surface area (Å²) in [4.78, 5) is 3.72. The van der Waals surface area contributed by atoms with Crippen molar-refractivity contribution in [3.8, 4) is 0 Å². The maximum atomic E-state index is 3.72. The zero-order valence-electron chi connectivity index (χ0n) is 10.2. The maximum Gasteiger partial charge on any atom is 0.110 e. The van der Waals surface area contributed by atoms with E-state index in [0.717, 1.165) is 13.2 Å². The lowest BCUT2D eigenvalue weighted by Crippen LogP contribution is -2.40. The van der Waals surface area contributed by atoms with Gasteiger partial charge >= 0.3 is 0 Å². The molecule has 0 aromatic heterocycles. The molecule has 0 saturated carbocycles. The lowest BCUT2D eigenvalue weighted by molar-refractivity contribution is 0.687. The minimum absolute atomic E-state index is 0.613. The Hall–Kier alpha value is 0.137. The second-order valence-corrected chi connectivity index (χ2v) is 6.92. The largest absolute Gasteiger partial charge is 0.328 e. The monoisotopic (exact) mass is 216 g/mol. The second kappa shape index (κ2) is 11.2. The highest BCUT2D eigenvalue weighted by Crippen LogP contribution is 2.06. The average Bonchev–Trinajstić information content (AvgIpc) is 2.21. The van der Waals surface area contributed by atoms with Crippen LogP contribution in [0.15, 0.2) is 0 Å². The van der Waals surface area contributed by atoms with Crippen LogP contribution in [0.3, 0.4) is 0 Å². The summed E-state index contributed by atoms with van der Waals surface area (Å²) >= 11 is 0. The molecule has 0 radical (unpaired) electrons. The number of unbranched alkanes of at least 4 members (excludes halogenated alkanes) is 2. The number of hydrogen-bond acceptors (Lipinski definition) is 2. The molecule has 3 heteroatoms. The number of nitrogens with one attached hydrogen (secondary N) is 2. The Morgan fingerprint density at radius 1 is 0.929 bits per heavy atom. The lowest BCUT2D eigenvalue weighted by Gasteiger charge is -2.16. The molecule has 0 rings (SSSR count). The van der Waals surface area contributed by atoms with Gasteiger partial charge in [-0.25, -0.2) is 0 Å². The van der Waals surface area contributed by atoms with Crippen molar-refractivity contribution in [1.82, 2.24) is 10.3 Å². The van der Waals surface area contributed by atoms with Gasteiger partial charge in [0.25, 0.3) is 0 Å². The smallest absolute Gasteiger partial charge is 0.110 e. The Bertz CT molecular complexity index is 101. The Labute approximate surface area is 91.5 Å². The molecule has 0 unspecified atom stereocenters. The van der Waals surface area contributed by atoms with Crippen molar-refractivity contribution in [3.63, 3.8) is 0 Å². The van der Waals surface area contributed by atoms with Gasteiger partial charge in [0.2, 0.25) is 0 Å². The van der Waals surface area contributed by atoms with Crippen molar-refractivity contribution < 1.29 is 0 Å². The predicted octanol–water partition coefficient (Wildman–Crippen LogP) is 2.47. The van der Waals surface area contributed by atoms with Gasteiger partial charge in [-0.3, -0.25) is 0 Å². The van der Waals surface area contributed by atoms with E-state index in [4.69, 9.17) is 0 Å². The predicted molar refractivity (Wildman–Crippen MR) is 68.3 cm³/mol. The fraction of sp³-hybridized carbons (Fsp3) is 1.00. The van der Waals surface area contributed by atoms with Crippen molar-refractivity contribution in [2.24, 2.45) is 0 Å². The number of rotatable bonds is 10. The van der Waals surface area contributed by atoms with E-state index in [0.29, 0.717) is 0 Å². The van der Waals surface area contributed by atoms with Crippen LogP contribution in [-0.4, -0.2) is 22.2 Å². The zero-order chi connectivity index (χ0) is 10.6. The molecular formula is C11H28N2Si. The molecule has 2 N–H and O–H groups in total. The molecule has 0 aromatic carbocycles. The van der Waals surface area contributed by atoms with E-state index in [9.17, 15) is 0 Å². The molecule has 0 amide bonds. The van der Waals surface area contributed by atoms with Crippen LogP contribution in [0, 0.1) is 0 Å².